The van der Waals surface area contributed by atoms with Gasteiger partial charge in [-0.25, -0.2) is 10.8 Å². The van der Waals surface area contributed by atoms with Crippen LogP contribution >= 0.6 is 0 Å². The van der Waals surface area contributed by atoms with E-state index in [0.717, 1.165) is 25.5 Å². The first-order chi connectivity index (χ1) is 8.13. The average Bonchev–Trinajstić information content (AvgIpc) is 2.77. The van der Waals surface area contributed by atoms with E-state index in [1.165, 1.54) is 25.7 Å². The van der Waals surface area contributed by atoms with E-state index in [-0.39, 0.29) is 0 Å². The highest BCUT2D eigenvalue weighted by Crippen LogP contribution is 2.20. The van der Waals surface area contributed by atoms with E-state index in [0.29, 0.717) is 6.04 Å². The molecule has 0 aliphatic heterocycles. The van der Waals surface area contributed by atoms with Gasteiger partial charge in [0.1, 0.15) is 0 Å². The van der Waals surface area contributed by atoms with Gasteiger partial charge in [-0.1, -0.05) is 12.8 Å². The molecule has 0 aromatic rings. The third kappa shape index (κ3) is 5.37. The Bertz CT molecular complexity index is 233. The standard InChI is InChI=1S/C12H27N5/c1-16(2)9-6-10-17(3)12(15-13)14-11-7-4-5-8-11/h11H,4-10,13H2,1-3H3,(H,14,15). The predicted octanol–water partition coefficient (Wildman–Crippen LogP) is 0.632. The second-order valence-corrected chi connectivity index (χ2v) is 5.11. The molecule has 0 radical (unpaired) electrons. The predicted molar refractivity (Wildman–Crippen MR) is 72.8 cm³/mol. The van der Waals surface area contributed by atoms with Gasteiger partial charge in [-0.2, -0.15) is 0 Å². The van der Waals surface area contributed by atoms with Gasteiger partial charge in [0.25, 0.3) is 0 Å². The van der Waals surface area contributed by atoms with E-state index < -0.39 is 0 Å². The first-order valence-electron chi connectivity index (χ1n) is 6.53. The first-order valence-corrected chi connectivity index (χ1v) is 6.53. The minimum absolute atomic E-state index is 0.470. The fourth-order valence-corrected chi connectivity index (χ4v) is 2.18. The Kier molecular flexibility index (Phi) is 6.29. The molecule has 1 aliphatic rings. The number of hydrogen-bond donors (Lipinski definition) is 2. The number of aliphatic imine (C=N–C) groups is 1. The van der Waals surface area contributed by atoms with Crippen LogP contribution in [0.15, 0.2) is 4.99 Å². The summed E-state index contributed by atoms with van der Waals surface area (Å²) >= 11 is 0. The fraction of sp³-hybridized carbons (Fsp3) is 0.917. The molecule has 0 bridgehead atoms. The van der Waals surface area contributed by atoms with E-state index in [1.807, 2.05) is 7.05 Å². The summed E-state index contributed by atoms with van der Waals surface area (Å²) < 4.78 is 0. The molecule has 5 heteroatoms. The lowest BCUT2D eigenvalue weighted by molar-refractivity contribution is 0.365. The van der Waals surface area contributed by atoms with Crippen LogP contribution in [0.2, 0.25) is 0 Å². The van der Waals surface area contributed by atoms with Gasteiger partial charge >= 0.3 is 0 Å². The van der Waals surface area contributed by atoms with Crippen LogP contribution in [-0.2, 0) is 0 Å². The molecule has 0 spiro atoms. The Morgan fingerprint density at radius 2 is 1.88 bits per heavy atom. The molecule has 0 heterocycles. The van der Waals surface area contributed by atoms with Crippen molar-refractivity contribution in [3.05, 3.63) is 0 Å². The number of hydrazine groups is 1. The highest BCUT2D eigenvalue weighted by atomic mass is 15.4. The van der Waals surface area contributed by atoms with Gasteiger partial charge in [-0.3, -0.25) is 5.43 Å². The lowest BCUT2D eigenvalue weighted by Gasteiger charge is -2.22. The second kappa shape index (κ2) is 7.50. The number of nitrogens with two attached hydrogens (primary N) is 1. The summed E-state index contributed by atoms with van der Waals surface area (Å²) in [5, 5.41) is 0. The van der Waals surface area contributed by atoms with E-state index in [4.69, 9.17) is 5.84 Å². The highest BCUT2D eigenvalue weighted by Gasteiger charge is 2.15. The Balaban J connectivity index is 2.37. The molecule has 0 aromatic heterocycles. The van der Waals surface area contributed by atoms with Crippen molar-refractivity contribution >= 4 is 5.96 Å². The second-order valence-electron chi connectivity index (χ2n) is 5.11. The molecule has 0 saturated heterocycles. The molecule has 0 atom stereocenters. The maximum absolute atomic E-state index is 5.55. The van der Waals surface area contributed by atoms with Crippen molar-refractivity contribution in [1.29, 1.82) is 0 Å². The van der Waals surface area contributed by atoms with Crippen LogP contribution in [0.4, 0.5) is 0 Å². The zero-order chi connectivity index (χ0) is 12.7. The maximum atomic E-state index is 5.55. The van der Waals surface area contributed by atoms with Crippen molar-refractivity contribution in [1.82, 2.24) is 15.2 Å². The molecule has 0 unspecified atom stereocenters. The fourth-order valence-electron chi connectivity index (χ4n) is 2.18. The molecular weight excluding hydrogens is 214 g/mol. The summed E-state index contributed by atoms with van der Waals surface area (Å²) in [6, 6.07) is 0.470. The van der Waals surface area contributed by atoms with Crippen LogP contribution in [0.3, 0.4) is 0 Å². The lowest BCUT2D eigenvalue weighted by atomic mass is 10.3. The van der Waals surface area contributed by atoms with E-state index in [1.54, 1.807) is 0 Å². The van der Waals surface area contributed by atoms with Crippen molar-refractivity contribution in [3.8, 4) is 0 Å². The molecule has 1 rings (SSSR count). The molecule has 0 aromatic carbocycles. The topological polar surface area (TPSA) is 56.9 Å². The molecule has 100 valence electrons. The minimum atomic E-state index is 0.470. The molecule has 1 aliphatic carbocycles. The third-order valence-electron chi connectivity index (χ3n) is 3.22. The minimum Gasteiger partial charge on any atom is -0.345 e. The number of hydrogen-bond acceptors (Lipinski definition) is 3. The number of nitrogens with zero attached hydrogens (tertiary/aromatic N) is 3. The van der Waals surface area contributed by atoms with Gasteiger partial charge in [-0.15, -0.1) is 0 Å². The van der Waals surface area contributed by atoms with Gasteiger partial charge < -0.3 is 9.80 Å². The first kappa shape index (κ1) is 14.3. The zero-order valence-corrected chi connectivity index (χ0v) is 11.4. The SMILES string of the molecule is CN(C)CCCN(C)C(=NC1CCCC1)NN. The molecule has 3 N–H and O–H groups in total. The lowest BCUT2D eigenvalue weighted by Crippen LogP contribution is -2.44. The summed E-state index contributed by atoms with van der Waals surface area (Å²) in [4.78, 5) is 8.99. The monoisotopic (exact) mass is 241 g/mol. The van der Waals surface area contributed by atoms with Gasteiger partial charge in [-0.05, 0) is 39.9 Å². The van der Waals surface area contributed by atoms with Gasteiger partial charge in [0, 0.05) is 13.6 Å². The smallest absolute Gasteiger partial charge is 0.208 e. The zero-order valence-electron chi connectivity index (χ0n) is 11.4. The molecular formula is C12H27N5. The normalized spacial score (nSPS) is 17.8. The third-order valence-corrected chi connectivity index (χ3v) is 3.22. The van der Waals surface area contributed by atoms with E-state index >= 15 is 0 Å². The molecule has 5 nitrogen and oxygen atoms in total. The van der Waals surface area contributed by atoms with Gasteiger partial charge in [0.2, 0.25) is 5.96 Å². The van der Waals surface area contributed by atoms with Crippen LogP contribution in [0.25, 0.3) is 0 Å². The van der Waals surface area contributed by atoms with Gasteiger partial charge in [0.15, 0.2) is 0 Å². The largest absolute Gasteiger partial charge is 0.345 e. The average molecular weight is 241 g/mol. The van der Waals surface area contributed by atoms with Crippen LogP contribution in [0.1, 0.15) is 32.1 Å². The Hall–Kier alpha value is -0.810. The maximum Gasteiger partial charge on any atom is 0.208 e. The molecule has 1 saturated carbocycles. The summed E-state index contributed by atoms with van der Waals surface area (Å²) in [5.41, 5.74) is 2.73. The van der Waals surface area contributed by atoms with E-state index in [9.17, 15) is 0 Å². The number of rotatable bonds is 5. The summed E-state index contributed by atoms with van der Waals surface area (Å²) in [5.74, 6) is 6.38. The summed E-state index contributed by atoms with van der Waals surface area (Å²) in [6.45, 7) is 2.07. The van der Waals surface area contributed by atoms with E-state index in [2.05, 4.69) is 34.3 Å². The van der Waals surface area contributed by atoms with Crippen LogP contribution in [0, 0.1) is 0 Å². The Labute approximate surface area is 105 Å². The molecule has 1 fully saturated rings. The van der Waals surface area contributed by atoms with Crippen molar-refractivity contribution in [2.75, 3.05) is 34.2 Å². The van der Waals surface area contributed by atoms with Crippen molar-refractivity contribution in [2.24, 2.45) is 10.8 Å². The van der Waals surface area contributed by atoms with Crippen LogP contribution < -0.4 is 11.3 Å². The number of guanidine groups is 1. The van der Waals surface area contributed by atoms with Crippen molar-refractivity contribution in [3.63, 3.8) is 0 Å². The Morgan fingerprint density at radius 3 is 2.41 bits per heavy atom. The van der Waals surface area contributed by atoms with Crippen molar-refractivity contribution < 1.29 is 0 Å². The quantitative estimate of drug-likeness (QED) is 0.321. The van der Waals surface area contributed by atoms with Crippen LogP contribution in [0.5, 0.6) is 0 Å². The number of nitrogens with one attached hydrogen (secondary N) is 1. The molecule has 17 heavy (non-hydrogen) atoms. The van der Waals surface area contributed by atoms with Gasteiger partial charge in [0.05, 0.1) is 6.04 Å². The molecule has 0 amide bonds. The Morgan fingerprint density at radius 1 is 1.24 bits per heavy atom. The van der Waals surface area contributed by atoms with Crippen LogP contribution in [-0.4, -0.2) is 56.0 Å². The highest BCUT2D eigenvalue weighted by molar-refractivity contribution is 5.79. The van der Waals surface area contributed by atoms with Crippen molar-refractivity contribution in [2.45, 2.75) is 38.1 Å². The summed E-state index contributed by atoms with van der Waals surface area (Å²) in [6.07, 6.45) is 6.13. The summed E-state index contributed by atoms with van der Waals surface area (Å²) in [7, 11) is 6.23.